The molecule has 0 aliphatic carbocycles. The van der Waals surface area contributed by atoms with Gasteiger partial charge >= 0.3 is 0 Å². The first-order chi connectivity index (χ1) is 8.13. The fourth-order valence-electron chi connectivity index (χ4n) is 2.72. The Hall–Kier alpha value is -0.570. The molecular formula is C15H25ClN2. The van der Waals surface area contributed by atoms with E-state index in [1.807, 2.05) is 0 Å². The van der Waals surface area contributed by atoms with Gasteiger partial charge in [0.1, 0.15) is 0 Å². The Labute approximate surface area is 117 Å². The van der Waals surface area contributed by atoms with Crippen LogP contribution in [-0.4, -0.2) is 31.1 Å². The van der Waals surface area contributed by atoms with E-state index in [-0.39, 0.29) is 12.4 Å². The quantitative estimate of drug-likeness (QED) is 0.910. The average molecular weight is 269 g/mol. The fraction of sp³-hybridized carbons (Fsp3) is 0.600. The van der Waals surface area contributed by atoms with Crippen molar-refractivity contribution in [3.63, 3.8) is 0 Å². The van der Waals surface area contributed by atoms with Crippen LogP contribution in [0.3, 0.4) is 0 Å². The van der Waals surface area contributed by atoms with Crippen LogP contribution in [-0.2, 0) is 0 Å². The van der Waals surface area contributed by atoms with Crippen LogP contribution in [0.15, 0.2) is 30.3 Å². The molecule has 2 N–H and O–H groups in total. The van der Waals surface area contributed by atoms with Crippen LogP contribution >= 0.6 is 12.4 Å². The third kappa shape index (κ3) is 3.71. The van der Waals surface area contributed by atoms with E-state index in [0.29, 0.717) is 11.3 Å². The second-order valence-electron chi connectivity index (χ2n) is 5.81. The molecular weight excluding hydrogens is 244 g/mol. The Kier molecular flexibility index (Phi) is 5.64. The summed E-state index contributed by atoms with van der Waals surface area (Å²) in [4.78, 5) is 2.56. The summed E-state index contributed by atoms with van der Waals surface area (Å²) in [7, 11) is 0. The Balaban J connectivity index is 0.00000162. The van der Waals surface area contributed by atoms with Crippen molar-refractivity contribution in [3.8, 4) is 0 Å². The lowest BCUT2D eigenvalue weighted by Gasteiger charge is -2.24. The normalized spacial score (nSPS) is 25.7. The van der Waals surface area contributed by atoms with Gasteiger partial charge in [0, 0.05) is 13.1 Å². The lowest BCUT2D eigenvalue weighted by atomic mass is 9.90. The monoisotopic (exact) mass is 268 g/mol. The number of hydrogen-bond acceptors (Lipinski definition) is 2. The number of hydrogen-bond donors (Lipinski definition) is 1. The zero-order chi connectivity index (χ0) is 12.3. The zero-order valence-electron chi connectivity index (χ0n) is 11.4. The molecule has 0 radical (unpaired) electrons. The van der Waals surface area contributed by atoms with Gasteiger partial charge in [-0.15, -0.1) is 12.4 Å². The summed E-state index contributed by atoms with van der Waals surface area (Å²) in [6, 6.07) is 10.8. The minimum absolute atomic E-state index is 0. The van der Waals surface area contributed by atoms with Crippen LogP contribution in [0, 0.1) is 5.41 Å². The maximum Gasteiger partial charge on any atom is 0.00481 e. The lowest BCUT2D eigenvalue weighted by Crippen LogP contribution is -2.32. The molecule has 0 amide bonds. The van der Waals surface area contributed by atoms with Crippen molar-refractivity contribution in [1.29, 1.82) is 0 Å². The lowest BCUT2D eigenvalue weighted by molar-refractivity contribution is 0.270. The van der Waals surface area contributed by atoms with Gasteiger partial charge in [0.2, 0.25) is 0 Å². The van der Waals surface area contributed by atoms with Gasteiger partial charge in [-0.25, -0.2) is 0 Å². The molecule has 1 saturated heterocycles. The Morgan fingerprint density at radius 3 is 2.56 bits per heavy atom. The minimum atomic E-state index is 0. The molecule has 2 atom stereocenters. The Bertz CT molecular complexity index is 355. The van der Waals surface area contributed by atoms with E-state index in [1.54, 1.807) is 0 Å². The fourth-order valence-corrected chi connectivity index (χ4v) is 2.72. The van der Waals surface area contributed by atoms with Crippen molar-refractivity contribution < 1.29 is 0 Å². The van der Waals surface area contributed by atoms with E-state index in [4.69, 9.17) is 5.73 Å². The van der Waals surface area contributed by atoms with Crippen LogP contribution < -0.4 is 5.73 Å². The molecule has 2 nitrogen and oxygen atoms in total. The number of nitrogens with two attached hydrogens (primary N) is 1. The summed E-state index contributed by atoms with van der Waals surface area (Å²) in [5.41, 5.74) is 7.63. The topological polar surface area (TPSA) is 29.3 Å². The second-order valence-corrected chi connectivity index (χ2v) is 5.81. The van der Waals surface area contributed by atoms with Gasteiger partial charge in [0.05, 0.1) is 0 Å². The molecule has 1 aromatic carbocycles. The number of halogens is 1. The van der Waals surface area contributed by atoms with Crippen LogP contribution in [0.1, 0.15) is 31.7 Å². The second kappa shape index (κ2) is 6.55. The Morgan fingerprint density at radius 1 is 1.33 bits per heavy atom. The van der Waals surface area contributed by atoms with E-state index in [0.717, 1.165) is 19.6 Å². The smallest absolute Gasteiger partial charge is 0.00481 e. The zero-order valence-corrected chi connectivity index (χ0v) is 12.2. The molecule has 2 unspecified atom stereocenters. The summed E-state index contributed by atoms with van der Waals surface area (Å²) in [5, 5.41) is 0. The summed E-state index contributed by atoms with van der Waals surface area (Å²) < 4.78 is 0. The van der Waals surface area contributed by atoms with Crippen LogP contribution in [0.5, 0.6) is 0 Å². The first kappa shape index (κ1) is 15.5. The molecule has 102 valence electrons. The van der Waals surface area contributed by atoms with Crippen LogP contribution in [0.25, 0.3) is 0 Å². The van der Waals surface area contributed by atoms with Crippen molar-refractivity contribution in [1.82, 2.24) is 4.90 Å². The van der Waals surface area contributed by atoms with E-state index in [1.165, 1.54) is 18.5 Å². The highest BCUT2D eigenvalue weighted by Gasteiger charge is 2.32. The largest absolute Gasteiger partial charge is 0.330 e. The Morgan fingerprint density at radius 2 is 2.00 bits per heavy atom. The van der Waals surface area contributed by atoms with E-state index in [2.05, 4.69) is 49.1 Å². The maximum absolute atomic E-state index is 5.85. The summed E-state index contributed by atoms with van der Waals surface area (Å²) in [6.07, 6.45) is 1.24. The SMILES string of the molecule is CC(CN1CCC(C)(CN)C1)c1ccccc1.Cl. The van der Waals surface area contributed by atoms with Crippen LogP contribution in [0.4, 0.5) is 0 Å². The molecule has 1 heterocycles. The summed E-state index contributed by atoms with van der Waals surface area (Å²) in [6.45, 7) is 8.93. The first-order valence-corrected chi connectivity index (χ1v) is 6.60. The number of nitrogens with zero attached hydrogens (tertiary/aromatic N) is 1. The molecule has 0 spiro atoms. The molecule has 0 aromatic heterocycles. The van der Waals surface area contributed by atoms with Gasteiger partial charge in [-0.3, -0.25) is 0 Å². The van der Waals surface area contributed by atoms with Crippen molar-refractivity contribution in [2.75, 3.05) is 26.2 Å². The minimum Gasteiger partial charge on any atom is -0.330 e. The highest BCUT2D eigenvalue weighted by atomic mass is 35.5. The van der Waals surface area contributed by atoms with Gasteiger partial charge in [-0.05, 0) is 36.4 Å². The van der Waals surface area contributed by atoms with Gasteiger partial charge < -0.3 is 10.6 Å². The molecule has 1 aliphatic heterocycles. The molecule has 1 aliphatic rings. The van der Waals surface area contributed by atoms with Gasteiger partial charge in [0.25, 0.3) is 0 Å². The molecule has 1 fully saturated rings. The molecule has 1 aromatic rings. The molecule has 0 bridgehead atoms. The highest BCUT2D eigenvalue weighted by Crippen LogP contribution is 2.30. The average Bonchev–Trinajstić information content (AvgIpc) is 2.73. The van der Waals surface area contributed by atoms with Gasteiger partial charge in [-0.2, -0.15) is 0 Å². The summed E-state index contributed by atoms with van der Waals surface area (Å²) >= 11 is 0. The highest BCUT2D eigenvalue weighted by molar-refractivity contribution is 5.85. The molecule has 2 rings (SSSR count). The van der Waals surface area contributed by atoms with E-state index >= 15 is 0 Å². The van der Waals surface area contributed by atoms with Gasteiger partial charge in [-0.1, -0.05) is 44.2 Å². The standard InChI is InChI=1S/C15H24N2.ClH/c1-13(14-6-4-3-5-7-14)10-17-9-8-15(2,11-16)12-17;/h3-7,13H,8-12,16H2,1-2H3;1H. The predicted molar refractivity (Wildman–Crippen MR) is 80.3 cm³/mol. The molecule has 3 heteroatoms. The predicted octanol–water partition coefficient (Wildman–Crippen LogP) is 2.88. The molecule has 18 heavy (non-hydrogen) atoms. The number of benzene rings is 1. The van der Waals surface area contributed by atoms with Crippen molar-refractivity contribution in [3.05, 3.63) is 35.9 Å². The number of likely N-dealkylation sites (tertiary alicyclic amines) is 1. The van der Waals surface area contributed by atoms with Crippen molar-refractivity contribution in [2.45, 2.75) is 26.2 Å². The van der Waals surface area contributed by atoms with E-state index < -0.39 is 0 Å². The maximum atomic E-state index is 5.85. The first-order valence-electron chi connectivity index (χ1n) is 6.60. The van der Waals surface area contributed by atoms with Crippen LogP contribution in [0.2, 0.25) is 0 Å². The van der Waals surface area contributed by atoms with Gasteiger partial charge in [0.15, 0.2) is 0 Å². The third-order valence-electron chi connectivity index (χ3n) is 4.03. The molecule has 0 saturated carbocycles. The third-order valence-corrected chi connectivity index (χ3v) is 4.03. The number of rotatable bonds is 4. The summed E-state index contributed by atoms with van der Waals surface area (Å²) in [5.74, 6) is 0.608. The van der Waals surface area contributed by atoms with Crippen molar-refractivity contribution >= 4 is 12.4 Å². The van der Waals surface area contributed by atoms with E-state index in [9.17, 15) is 0 Å². The van der Waals surface area contributed by atoms with Crippen molar-refractivity contribution in [2.24, 2.45) is 11.1 Å².